The smallest absolute Gasteiger partial charge is 0.235 e. The minimum Gasteiger partial charge on any atom is -0.338 e. The van der Waals surface area contributed by atoms with Gasteiger partial charge in [0.2, 0.25) is 23.8 Å². The van der Waals surface area contributed by atoms with Crippen LogP contribution in [0.3, 0.4) is 0 Å². The van der Waals surface area contributed by atoms with Crippen LogP contribution in [0.15, 0.2) is 24.3 Å². The molecule has 4 N–H and O–H groups in total. The van der Waals surface area contributed by atoms with Crippen LogP contribution in [0.5, 0.6) is 0 Å². The molecule has 0 atom stereocenters. The van der Waals surface area contributed by atoms with Crippen LogP contribution in [0.2, 0.25) is 0 Å². The Balaban J connectivity index is 1.32. The number of nitrogens with zero attached hydrogens (tertiary/aromatic N) is 6. The number of piperazine rings is 1. The highest BCUT2D eigenvalue weighted by atomic mass is 16.1. The van der Waals surface area contributed by atoms with Gasteiger partial charge in [0, 0.05) is 54.7 Å². The standard InChI is InChI=1S/C26H36N10O/c1-17-18(2)33-34-22(17)29-25-30-24(31-26(32-25)36-15-13-35(3)14-16-36)28-21-11-9-20(10-12-21)27-23(37)19-7-5-4-6-8-19/h9-12,19H,4-8,13-16H2,1-3H3,(H,27,37)(H3,28,29,30,31,32,33,34). The molecule has 11 heteroatoms. The predicted octanol–water partition coefficient (Wildman–Crippen LogP) is 3.97. The maximum atomic E-state index is 12.6. The summed E-state index contributed by atoms with van der Waals surface area (Å²) in [7, 11) is 2.12. The Morgan fingerprint density at radius 1 is 0.892 bits per heavy atom. The van der Waals surface area contributed by atoms with Gasteiger partial charge in [-0.2, -0.15) is 20.1 Å². The molecule has 0 bridgehead atoms. The van der Waals surface area contributed by atoms with Crippen molar-refractivity contribution in [3.63, 3.8) is 0 Å². The monoisotopic (exact) mass is 504 g/mol. The average molecular weight is 505 g/mol. The molecule has 5 rings (SSSR count). The Morgan fingerprint density at radius 3 is 2.19 bits per heavy atom. The normalized spacial score (nSPS) is 17.0. The summed E-state index contributed by atoms with van der Waals surface area (Å²) in [5.74, 6) is 2.42. The molecule has 0 spiro atoms. The third kappa shape index (κ3) is 6.16. The fourth-order valence-electron chi connectivity index (χ4n) is 4.71. The first kappa shape index (κ1) is 24.9. The summed E-state index contributed by atoms with van der Waals surface area (Å²) >= 11 is 0. The lowest BCUT2D eigenvalue weighted by atomic mass is 9.88. The van der Waals surface area contributed by atoms with Crippen LogP contribution < -0.4 is 20.9 Å². The summed E-state index contributed by atoms with van der Waals surface area (Å²) in [4.78, 5) is 31.1. The van der Waals surface area contributed by atoms with Gasteiger partial charge in [-0.05, 0) is 58.0 Å². The summed E-state index contributed by atoms with van der Waals surface area (Å²) in [6.45, 7) is 7.55. The van der Waals surface area contributed by atoms with Crippen LogP contribution in [0.1, 0.15) is 43.4 Å². The molecule has 37 heavy (non-hydrogen) atoms. The number of anilines is 6. The Labute approximate surface area is 217 Å². The van der Waals surface area contributed by atoms with Crippen LogP contribution in [0.4, 0.5) is 35.0 Å². The number of rotatable bonds is 7. The highest BCUT2D eigenvalue weighted by Gasteiger charge is 2.22. The molecule has 0 radical (unpaired) electrons. The van der Waals surface area contributed by atoms with Crippen molar-refractivity contribution in [1.82, 2.24) is 30.0 Å². The number of carbonyl (C=O) groups excluding carboxylic acids is 1. The van der Waals surface area contributed by atoms with E-state index in [4.69, 9.17) is 9.97 Å². The molecule has 11 nitrogen and oxygen atoms in total. The Kier molecular flexibility index (Phi) is 7.50. The van der Waals surface area contributed by atoms with Gasteiger partial charge in [-0.3, -0.25) is 9.89 Å². The van der Waals surface area contributed by atoms with E-state index in [9.17, 15) is 4.79 Å². The van der Waals surface area contributed by atoms with Gasteiger partial charge in [-0.1, -0.05) is 19.3 Å². The summed E-state index contributed by atoms with van der Waals surface area (Å²) in [6, 6.07) is 7.65. The zero-order valence-corrected chi connectivity index (χ0v) is 21.8. The third-order valence-electron chi connectivity index (χ3n) is 7.28. The van der Waals surface area contributed by atoms with Crippen molar-refractivity contribution in [1.29, 1.82) is 0 Å². The van der Waals surface area contributed by atoms with Crippen molar-refractivity contribution in [2.24, 2.45) is 5.92 Å². The maximum Gasteiger partial charge on any atom is 0.235 e. The number of nitrogens with one attached hydrogen (secondary N) is 4. The van der Waals surface area contributed by atoms with Gasteiger partial charge in [-0.15, -0.1) is 0 Å². The summed E-state index contributed by atoms with van der Waals surface area (Å²) < 4.78 is 0. The number of carbonyl (C=O) groups is 1. The summed E-state index contributed by atoms with van der Waals surface area (Å²) in [5, 5.41) is 16.9. The zero-order valence-electron chi connectivity index (χ0n) is 21.8. The molecular formula is C26H36N10O. The van der Waals surface area contributed by atoms with Crippen molar-refractivity contribution < 1.29 is 4.79 Å². The van der Waals surface area contributed by atoms with Crippen LogP contribution in [0.25, 0.3) is 0 Å². The van der Waals surface area contributed by atoms with Crippen molar-refractivity contribution in [3.8, 4) is 0 Å². The van der Waals surface area contributed by atoms with Crippen LogP contribution >= 0.6 is 0 Å². The van der Waals surface area contributed by atoms with E-state index in [1.165, 1.54) is 6.42 Å². The van der Waals surface area contributed by atoms with Crippen molar-refractivity contribution in [2.75, 3.05) is 54.1 Å². The van der Waals surface area contributed by atoms with E-state index in [1.807, 2.05) is 38.1 Å². The van der Waals surface area contributed by atoms with Crippen LogP contribution in [-0.4, -0.2) is 69.2 Å². The topological polar surface area (TPSA) is 127 Å². The second kappa shape index (κ2) is 11.1. The van der Waals surface area contributed by atoms with Crippen molar-refractivity contribution >= 4 is 40.9 Å². The number of likely N-dealkylation sites (N-methyl/N-ethyl adjacent to an activating group) is 1. The lowest BCUT2D eigenvalue weighted by Crippen LogP contribution is -2.45. The Bertz CT molecular complexity index is 1210. The van der Waals surface area contributed by atoms with Gasteiger partial charge in [0.25, 0.3) is 0 Å². The van der Waals surface area contributed by atoms with E-state index >= 15 is 0 Å². The molecular weight excluding hydrogens is 468 g/mol. The SMILES string of the molecule is Cc1[nH]nc(Nc2nc(Nc3ccc(NC(=O)C4CCCCC4)cc3)nc(N3CCN(C)CC3)n2)c1C. The van der Waals surface area contributed by atoms with E-state index < -0.39 is 0 Å². The second-order valence-electron chi connectivity index (χ2n) is 10.0. The second-order valence-corrected chi connectivity index (χ2v) is 10.0. The van der Waals surface area contributed by atoms with Crippen LogP contribution in [0, 0.1) is 19.8 Å². The quantitative estimate of drug-likeness (QED) is 0.378. The molecule has 1 aliphatic heterocycles. The number of aryl methyl sites for hydroxylation is 1. The zero-order chi connectivity index (χ0) is 25.8. The van der Waals surface area contributed by atoms with Crippen LogP contribution in [-0.2, 0) is 4.79 Å². The number of aromatic nitrogens is 5. The van der Waals surface area contributed by atoms with E-state index in [-0.39, 0.29) is 11.8 Å². The van der Waals surface area contributed by atoms with Crippen molar-refractivity contribution in [2.45, 2.75) is 46.0 Å². The fraction of sp³-hybridized carbons (Fsp3) is 0.500. The molecule has 3 aromatic rings. The van der Waals surface area contributed by atoms with E-state index in [0.29, 0.717) is 23.7 Å². The van der Waals surface area contributed by atoms with Crippen molar-refractivity contribution in [3.05, 3.63) is 35.5 Å². The third-order valence-corrected chi connectivity index (χ3v) is 7.28. The first-order valence-corrected chi connectivity index (χ1v) is 13.1. The van der Waals surface area contributed by atoms with Gasteiger partial charge in [0.1, 0.15) is 0 Å². The molecule has 0 unspecified atom stereocenters. The summed E-state index contributed by atoms with van der Waals surface area (Å²) in [5.41, 5.74) is 3.62. The number of hydrogen-bond donors (Lipinski definition) is 4. The maximum absolute atomic E-state index is 12.6. The fourth-order valence-corrected chi connectivity index (χ4v) is 4.71. The Morgan fingerprint density at radius 2 is 1.54 bits per heavy atom. The van der Waals surface area contributed by atoms with Gasteiger partial charge in [-0.25, -0.2) is 0 Å². The predicted molar refractivity (Wildman–Crippen MR) is 146 cm³/mol. The molecule has 1 aromatic carbocycles. The van der Waals surface area contributed by atoms with E-state index in [2.05, 4.69) is 48.0 Å². The molecule has 3 heterocycles. The number of amides is 1. The highest BCUT2D eigenvalue weighted by Crippen LogP contribution is 2.26. The minimum absolute atomic E-state index is 0.120. The lowest BCUT2D eigenvalue weighted by molar-refractivity contribution is -0.120. The van der Waals surface area contributed by atoms with Gasteiger partial charge in [0.15, 0.2) is 5.82 Å². The molecule has 1 amide bonds. The average Bonchev–Trinajstić information content (AvgIpc) is 3.22. The van der Waals surface area contributed by atoms with Gasteiger partial charge < -0.3 is 25.8 Å². The number of H-pyrrole nitrogens is 1. The first-order chi connectivity index (χ1) is 17.9. The number of benzene rings is 1. The first-order valence-electron chi connectivity index (χ1n) is 13.1. The molecule has 1 saturated heterocycles. The van der Waals surface area contributed by atoms with E-state index in [0.717, 1.165) is 74.5 Å². The highest BCUT2D eigenvalue weighted by molar-refractivity contribution is 5.92. The van der Waals surface area contributed by atoms with Gasteiger partial charge in [0.05, 0.1) is 0 Å². The van der Waals surface area contributed by atoms with E-state index in [1.54, 1.807) is 0 Å². The van der Waals surface area contributed by atoms with Gasteiger partial charge >= 0.3 is 0 Å². The molecule has 1 saturated carbocycles. The molecule has 196 valence electrons. The molecule has 2 aliphatic rings. The minimum atomic E-state index is 0.120. The molecule has 1 aliphatic carbocycles. The lowest BCUT2D eigenvalue weighted by Gasteiger charge is -2.32. The summed E-state index contributed by atoms with van der Waals surface area (Å²) in [6.07, 6.45) is 5.47. The number of hydrogen-bond acceptors (Lipinski definition) is 9. The number of aromatic amines is 1. The molecule has 2 fully saturated rings. The Hall–Kier alpha value is -3.73. The molecule has 2 aromatic heterocycles. The largest absolute Gasteiger partial charge is 0.338 e.